The van der Waals surface area contributed by atoms with Crippen molar-refractivity contribution in [2.75, 3.05) is 27.2 Å². The highest BCUT2D eigenvalue weighted by Crippen LogP contribution is 2.37. The zero-order valence-electron chi connectivity index (χ0n) is 35.3. The predicted octanol–water partition coefficient (Wildman–Crippen LogP) is 4.52. The molecule has 4 heterocycles. The highest BCUT2D eigenvalue weighted by Gasteiger charge is 2.42. The third-order valence-electron chi connectivity index (χ3n) is 12.0. The Labute approximate surface area is 347 Å². The molecule has 5 N–H and O–H groups in total. The van der Waals surface area contributed by atoms with Crippen LogP contribution in [0.1, 0.15) is 65.9 Å². The molecule has 4 aromatic rings. The fourth-order valence-electron chi connectivity index (χ4n) is 8.46. The van der Waals surface area contributed by atoms with Gasteiger partial charge >= 0.3 is 0 Å². The highest BCUT2D eigenvalue weighted by atomic mass is 19.1. The van der Waals surface area contributed by atoms with Crippen LogP contribution in [0, 0.1) is 17.6 Å². The van der Waals surface area contributed by atoms with Crippen LogP contribution < -0.4 is 21.3 Å². The van der Waals surface area contributed by atoms with Crippen molar-refractivity contribution in [3.8, 4) is 11.5 Å². The Morgan fingerprint density at radius 2 is 1.43 bits per heavy atom. The molecule has 326 valence electrons. The van der Waals surface area contributed by atoms with Crippen LogP contribution in [0.15, 0.2) is 36.4 Å². The van der Waals surface area contributed by atoms with Crippen LogP contribution >= 0.6 is 0 Å². The van der Waals surface area contributed by atoms with Crippen molar-refractivity contribution in [2.24, 2.45) is 5.92 Å². The van der Waals surface area contributed by atoms with Gasteiger partial charge in [0.05, 0.1) is 47.9 Å². The number of aromatic nitrogens is 3. The van der Waals surface area contributed by atoms with Crippen LogP contribution in [0.2, 0.25) is 0 Å². The number of hydrogen-bond donors (Lipinski definition) is 5. The average molecular weight is 840 g/mol. The summed E-state index contributed by atoms with van der Waals surface area (Å²) in [5.41, 5.74) is 2.18. The van der Waals surface area contributed by atoms with Crippen molar-refractivity contribution in [2.45, 2.75) is 122 Å². The fourth-order valence-corrected chi connectivity index (χ4v) is 8.46. The Morgan fingerprint density at radius 3 is 2.07 bits per heavy atom. The molecule has 60 heavy (non-hydrogen) atoms. The second kappa shape index (κ2) is 18.7. The molecule has 2 aromatic carbocycles. The summed E-state index contributed by atoms with van der Waals surface area (Å²) in [7, 11) is 3.27. The third-order valence-corrected chi connectivity index (χ3v) is 12.0. The second-order valence-electron chi connectivity index (χ2n) is 16.6. The second-order valence-corrected chi connectivity index (χ2v) is 16.6. The first-order valence-electron chi connectivity index (χ1n) is 20.9. The molecule has 0 radical (unpaired) electrons. The molecular formula is C43H57F4N9O4. The van der Waals surface area contributed by atoms with Crippen LogP contribution in [0.3, 0.4) is 0 Å². The number of aromatic amines is 1. The summed E-state index contributed by atoms with van der Waals surface area (Å²) in [4.78, 5) is 65.2. The number of alkyl halides is 2. The number of nitrogens with one attached hydrogen (secondary N) is 5. The van der Waals surface area contributed by atoms with Crippen LogP contribution in [-0.4, -0.2) is 124 Å². The number of rotatable bonds is 16. The summed E-state index contributed by atoms with van der Waals surface area (Å²) in [5.74, 6) is -2.66. The molecule has 2 fully saturated rings. The summed E-state index contributed by atoms with van der Waals surface area (Å²) < 4.78 is 62.3. The number of fused-ring (bicyclic) bond motifs is 2. The van der Waals surface area contributed by atoms with Crippen molar-refractivity contribution in [3.05, 3.63) is 53.6 Å². The van der Waals surface area contributed by atoms with Crippen molar-refractivity contribution >= 4 is 45.6 Å². The number of likely N-dealkylation sites (tertiary alicyclic amines) is 2. The molecule has 2 saturated heterocycles. The Kier molecular flexibility index (Phi) is 13.9. The predicted molar refractivity (Wildman–Crippen MR) is 221 cm³/mol. The number of hydrogen-bond acceptors (Lipinski definition) is 7. The summed E-state index contributed by atoms with van der Waals surface area (Å²) in [6.07, 6.45) is -1.65. The van der Waals surface area contributed by atoms with Gasteiger partial charge in [0.25, 0.3) is 0 Å². The first-order chi connectivity index (χ1) is 28.5. The molecule has 8 atom stereocenters. The number of amides is 4. The van der Waals surface area contributed by atoms with Crippen LogP contribution in [0.4, 0.5) is 17.6 Å². The molecule has 0 saturated carbocycles. The van der Waals surface area contributed by atoms with E-state index in [2.05, 4.69) is 26.3 Å². The van der Waals surface area contributed by atoms with Crippen molar-refractivity contribution in [3.63, 3.8) is 0 Å². The number of carbonyl (C=O) groups is 4. The molecule has 2 aliphatic heterocycles. The topological polar surface area (TPSA) is 156 Å². The lowest BCUT2D eigenvalue weighted by Crippen LogP contribution is -2.55. The molecule has 0 bridgehead atoms. The van der Waals surface area contributed by atoms with E-state index in [9.17, 15) is 28.0 Å². The largest absolute Gasteiger partial charge is 0.352 e. The Balaban J connectivity index is 1.41. The van der Waals surface area contributed by atoms with Crippen molar-refractivity contribution < 1.29 is 36.7 Å². The van der Waals surface area contributed by atoms with E-state index in [0.717, 1.165) is 0 Å². The van der Waals surface area contributed by atoms with Gasteiger partial charge in [-0.2, -0.15) is 0 Å². The van der Waals surface area contributed by atoms with Crippen molar-refractivity contribution in [1.82, 2.24) is 45.6 Å². The van der Waals surface area contributed by atoms with E-state index in [-0.39, 0.29) is 62.1 Å². The lowest BCUT2D eigenvalue weighted by Gasteiger charge is -2.32. The zero-order valence-corrected chi connectivity index (χ0v) is 35.3. The minimum absolute atomic E-state index is 0.0118. The molecule has 2 aliphatic rings. The van der Waals surface area contributed by atoms with Gasteiger partial charge in [0.15, 0.2) is 5.82 Å². The third kappa shape index (κ3) is 9.31. The van der Waals surface area contributed by atoms with Gasteiger partial charge in [-0.3, -0.25) is 19.2 Å². The molecule has 6 rings (SSSR count). The lowest BCUT2D eigenvalue weighted by molar-refractivity contribution is -0.139. The maximum Gasteiger partial charge on any atom is 0.245 e. The first-order valence-corrected chi connectivity index (χ1v) is 20.9. The summed E-state index contributed by atoms with van der Waals surface area (Å²) in [5, 5.41) is 12.0. The number of likely N-dealkylation sites (N-methyl/N-ethyl adjacent to an activating group) is 2. The SMILES string of the molecule is CCC[C@H](NC(=O)[C@H](C)NC)C(=O)N1C[C@@H](F)C[C@H]1Cc1c(-c2nc3cc(F)ccc3n2C[C@@H]2C[C@H](F)CN2C(=O)C(NC(=O)[C@H](C)NC)C(C)C)[nH]c2cc(F)ccc12. The van der Waals surface area contributed by atoms with Gasteiger partial charge in [0, 0.05) is 42.4 Å². The number of imidazole rings is 1. The van der Waals surface area contributed by atoms with E-state index >= 15 is 8.78 Å². The molecule has 4 amide bonds. The van der Waals surface area contributed by atoms with Crippen LogP contribution in [0.5, 0.6) is 0 Å². The molecule has 13 nitrogen and oxygen atoms in total. The molecule has 0 aliphatic carbocycles. The monoisotopic (exact) mass is 839 g/mol. The summed E-state index contributed by atoms with van der Waals surface area (Å²) in [6, 6.07) is 4.01. The maximum atomic E-state index is 15.5. The lowest BCUT2D eigenvalue weighted by atomic mass is 9.99. The van der Waals surface area contributed by atoms with Crippen molar-refractivity contribution in [1.29, 1.82) is 0 Å². The van der Waals surface area contributed by atoms with Gasteiger partial charge in [-0.1, -0.05) is 27.2 Å². The van der Waals surface area contributed by atoms with Crippen LogP contribution in [0.25, 0.3) is 33.5 Å². The standard InChI is InChI=1S/C43H57F4N9O4/c1-8-9-33(52-40(57)23(4)48-6)42(59)54-19-27(46)14-29(54)18-32-31-12-10-25(44)16-34(31)50-38(32)39-51-35-17-26(45)11-13-36(35)56(39)21-30-15-28(47)20-55(30)43(60)37(22(2)3)53-41(58)24(5)49-7/h10-13,16-17,22-24,27-30,33,37,48-50H,8-9,14-15,18-21H2,1-7H3,(H,52,57)(H,53,58)/t23-,24-,27-,28-,29-,30-,33-,37?/m0/s1. The van der Waals surface area contributed by atoms with Gasteiger partial charge in [-0.25, -0.2) is 22.5 Å². The Bertz CT molecular complexity index is 2210. The Hall–Kier alpha value is -5.03. The van der Waals surface area contributed by atoms with Gasteiger partial charge in [0.2, 0.25) is 23.6 Å². The van der Waals surface area contributed by atoms with Gasteiger partial charge in [-0.15, -0.1) is 0 Å². The summed E-state index contributed by atoms with van der Waals surface area (Å²) >= 11 is 0. The molecular weight excluding hydrogens is 783 g/mol. The van der Waals surface area contributed by atoms with E-state index in [4.69, 9.17) is 4.98 Å². The van der Waals surface area contributed by atoms with Gasteiger partial charge in [-0.05, 0) is 82.6 Å². The van der Waals surface area contributed by atoms with E-state index in [1.165, 1.54) is 34.1 Å². The van der Waals surface area contributed by atoms with Crippen LogP contribution in [-0.2, 0) is 32.1 Å². The summed E-state index contributed by atoms with van der Waals surface area (Å²) in [6.45, 7) is 8.50. The maximum absolute atomic E-state index is 15.5. The van der Waals surface area contributed by atoms with E-state index in [1.54, 1.807) is 58.5 Å². The first kappa shape index (κ1) is 44.5. The number of carbonyl (C=O) groups excluding carboxylic acids is 4. The van der Waals surface area contributed by atoms with E-state index < -0.39 is 72.0 Å². The molecule has 2 aromatic heterocycles. The fraction of sp³-hybridized carbons (Fsp3) is 0.558. The molecule has 1 unspecified atom stereocenters. The normalized spacial score (nSPS) is 21.5. The zero-order chi connectivity index (χ0) is 43.6. The average Bonchev–Trinajstić information content (AvgIpc) is 3.97. The van der Waals surface area contributed by atoms with Gasteiger partial charge < -0.3 is 40.6 Å². The molecule has 0 spiro atoms. The minimum atomic E-state index is -1.36. The number of H-pyrrole nitrogens is 1. The molecule has 17 heteroatoms. The Morgan fingerprint density at radius 1 is 0.833 bits per heavy atom. The number of benzene rings is 2. The smallest absolute Gasteiger partial charge is 0.245 e. The van der Waals surface area contributed by atoms with Gasteiger partial charge in [0.1, 0.15) is 36.1 Å². The van der Waals surface area contributed by atoms with E-state index in [1.807, 2.05) is 6.92 Å². The quantitative estimate of drug-likeness (QED) is 0.104. The number of nitrogens with zero attached hydrogens (tertiary/aromatic N) is 4. The van der Waals surface area contributed by atoms with E-state index in [0.29, 0.717) is 46.3 Å². The highest BCUT2D eigenvalue weighted by molar-refractivity contribution is 5.93. The minimum Gasteiger partial charge on any atom is -0.352 e. The number of halogens is 4.